The molecule has 1 fully saturated rings. The third kappa shape index (κ3) is 5.76. The van der Waals surface area contributed by atoms with E-state index in [0.29, 0.717) is 30.7 Å². The molecule has 0 aliphatic carbocycles. The third-order valence-electron chi connectivity index (χ3n) is 4.86. The minimum Gasteiger partial charge on any atom is -0.378 e. The number of nitrogens with zero attached hydrogens (tertiary/aromatic N) is 3. The smallest absolute Gasteiger partial charge is 0.228 e. The van der Waals surface area contributed by atoms with E-state index in [2.05, 4.69) is 25.5 Å². The monoisotopic (exact) mass is 421 g/mol. The van der Waals surface area contributed by atoms with Gasteiger partial charge in [0.05, 0.1) is 19.6 Å². The Labute approximate surface area is 180 Å². The first-order valence-corrected chi connectivity index (χ1v) is 10.1. The van der Waals surface area contributed by atoms with Crippen molar-refractivity contribution in [2.24, 2.45) is 0 Å². The first kappa shape index (κ1) is 20.7. The molecule has 1 saturated heterocycles. The molecule has 0 spiro atoms. The van der Waals surface area contributed by atoms with Crippen molar-refractivity contribution >= 4 is 29.0 Å². The Balaban J connectivity index is 1.37. The highest BCUT2D eigenvalue weighted by Gasteiger charge is 2.15. The third-order valence-corrected chi connectivity index (χ3v) is 4.86. The Bertz CT molecular complexity index is 1030. The molecule has 0 bridgehead atoms. The number of rotatable bonds is 6. The summed E-state index contributed by atoms with van der Waals surface area (Å²) in [7, 11) is 0. The van der Waals surface area contributed by atoms with Crippen molar-refractivity contribution in [2.75, 3.05) is 41.8 Å². The Kier molecular flexibility index (Phi) is 6.37. The van der Waals surface area contributed by atoms with Crippen molar-refractivity contribution in [3.63, 3.8) is 0 Å². The van der Waals surface area contributed by atoms with Gasteiger partial charge in [0.1, 0.15) is 11.6 Å². The first-order valence-electron chi connectivity index (χ1n) is 10.1. The van der Waals surface area contributed by atoms with Gasteiger partial charge in [0, 0.05) is 36.2 Å². The van der Waals surface area contributed by atoms with Gasteiger partial charge in [-0.05, 0) is 48.9 Å². The van der Waals surface area contributed by atoms with Crippen molar-refractivity contribution in [2.45, 2.75) is 13.3 Å². The number of hydrogen-bond acceptors (Lipinski definition) is 6. The molecule has 1 aliphatic rings. The highest BCUT2D eigenvalue weighted by atomic mass is 19.1. The molecule has 1 amide bonds. The van der Waals surface area contributed by atoms with Gasteiger partial charge in [-0.25, -0.2) is 9.37 Å². The van der Waals surface area contributed by atoms with Crippen LogP contribution in [0.4, 0.5) is 27.5 Å². The number of carbonyl (C=O) groups is 1. The van der Waals surface area contributed by atoms with Crippen molar-refractivity contribution < 1.29 is 13.9 Å². The van der Waals surface area contributed by atoms with Crippen LogP contribution in [0.5, 0.6) is 0 Å². The number of amides is 1. The van der Waals surface area contributed by atoms with E-state index in [4.69, 9.17) is 4.74 Å². The highest BCUT2D eigenvalue weighted by Crippen LogP contribution is 2.21. The summed E-state index contributed by atoms with van der Waals surface area (Å²) >= 11 is 0. The minimum absolute atomic E-state index is 0.158. The van der Waals surface area contributed by atoms with Crippen LogP contribution in [-0.4, -0.2) is 42.2 Å². The van der Waals surface area contributed by atoms with Crippen LogP contribution >= 0.6 is 0 Å². The SMILES string of the molecule is Cc1cc(Nc2ccc(NC(=O)Cc3ccc(F)cc3)cc2)nc(N2CCOCC2)n1. The molecule has 0 unspecified atom stereocenters. The lowest BCUT2D eigenvalue weighted by atomic mass is 10.1. The maximum absolute atomic E-state index is 13.0. The fourth-order valence-electron chi connectivity index (χ4n) is 3.30. The van der Waals surface area contributed by atoms with Crippen molar-refractivity contribution in [3.8, 4) is 0 Å². The number of hydrogen-bond donors (Lipinski definition) is 2. The van der Waals surface area contributed by atoms with Gasteiger partial charge in [0.15, 0.2) is 0 Å². The lowest BCUT2D eigenvalue weighted by Crippen LogP contribution is -2.37. The Morgan fingerprint density at radius 2 is 1.71 bits per heavy atom. The number of aromatic nitrogens is 2. The number of carbonyl (C=O) groups excluding carboxylic acids is 1. The summed E-state index contributed by atoms with van der Waals surface area (Å²) in [5.74, 6) is 0.926. The van der Waals surface area contributed by atoms with Crippen LogP contribution in [0.15, 0.2) is 54.6 Å². The van der Waals surface area contributed by atoms with Crippen LogP contribution in [0.1, 0.15) is 11.3 Å². The Morgan fingerprint density at radius 3 is 2.42 bits per heavy atom. The first-order chi connectivity index (χ1) is 15.0. The molecule has 0 radical (unpaired) electrons. The molecule has 1 aromatic heterocycles. The van der Waals surface area contributed by atoms with Crippen molar-refractivity contribution in [1.82, 2.24) is 9.97 Å². The summed E-state index contributed by atoms with van der Waals surface area (Å²) in [5, 5.41) is 6.15. The lowest BCUT2D eigenvalue weighted by Gasteiger charge is -2.27. The van der Waals surface area contributed by atoms with E-state index in [1.807, 2.05) is 37.3 Å². The van der Waals surface area contributed by atoms with E-state index in [-0.39, 0.29) is 18.1 Å². The molecule has 7 nitrogen and oxygen atoms in total. The molecular weight excluding hydrogens is 397 g/mol. The molecule has 2 heterocycles. The van der Waals surface area contributed by atoms with Crippen molar-refractivity contribution in [1.29, 1.82) is 0 Å². The average molecular weight is 421 g/mol. The standard InChI is InChI=1S/C23H24FN5O2/c1-16-14-21(28-23(25-16)29-10-12-31-13-11-29)26-19-6-8-20(9-7-19)27-22(30)15-17-2-4-18(24)5-3-17/h2-9,14H,10-13,15H2,1H3,(H,27,30)(H,25,26,28). The molecule has 31 heavy (non-hydrogen) atoms. The van der Waals surface area contributed by atoms with Crippen molar-refractivity contribution in [3.05, 3.63) is 71.7 Å². The molecule has 1 aliphatic heterocycles. The second-order valence-corrected chi connectivity index (χ2v) is 7.35. The van der Waals surface area contributed by atoms with Gasteiger partial charge in [-0.2, -0.15) is 4.98 Å². The fourth-order valence-corrected chi connectivity index (χ4v) is 3.30. The number of halogens is 1. The van der Waals surface area contributed by atoms with Crippen LogP contribution < -0.4 is 15.5 Å². The number of ether oxygens (including phenoxy) is 1. The topological polar surface area (TPSA) is 79.4 Å². The normalized spacial score (nSPS) is 13.7. The minimum atomic E-state index is -0.316. The van der Waals surface area contributed by atoms with Crippen LogP contribution in [-0.2, 0) is 16.0 Å². The summed E-state index contributed by atoms with van der Waals surface area (Å²) in [6, 6.07) is 15.2. The maximum Gasteiger partial charge on any atom is 0.228 e. The van der Waals surface area contributed by atoms with Crippen LogP contribution in [0.3, 0.4) is 0 Å². The van der Waals surface area contributed by atoms with Gasteiger partial charge in [0.2, 0.25) is 11.9 Å². The molecule has 2 aromatic carbocycles. The average Bonchev–Trinajstić information content (AvgIpc) is 2.77. The quantitative estimate of drug-likeness (QED) is 0.632. The molecule has 0 atom stereocenters. The van der Waals surface area contributed by atoms with E-state index in [0.717, 1.165) is 30.0 Å². The van der Waals surface area contributed by atoms with Gasteiger partial charge >= 0.3 is 0 Å². The molecule has 0 saturated carbocycles. The van der Waals surface area contributed by atoms with Crippen LogP contribution in [0, 0.1) is 12.7 Å². The molecular formula is C23H24FN5O2. The number of anilines is 4. The van der Waals surface area contributed by atoms with Gasteiger partial charge in [-0.3, -0.25) is 4.79 Å². The van der Waals surface area contributed by atoms with Crippen LogP contribution in [0.25, 0.3) is 0 Å². The lowest BCUT2D eigenvalue weighted by molar-refractivity contribution is -0.115. The molecule has 4 rings (SSSR count). The summed E-state index contributed by atoms with van der Waals surface area (Å²) in [5.41, 5.74) is 3.17. The predicted octanol–water partition coefficient (Wildman–Crippen LogP) is 3.69. The van der Waals surface area contributed by atoms with E-state index < -0.39 is 0 Å². The maximum atomic E-state index is 13.0. The molecule has 8 heteroatoms. The van der Waals surface area contributed by atoms with Crippen LogP contribution in [0.2, 0.25) is 0 Å². The van der Waals surface area contributed by atoms with E-state index in [1.54, 1.807) is 12.1 Å². The summed E-state index contributed by atoms with van der Waals surface area (Å²) in [4.78, 5) is 23.5. The largest absolute Gasteiger partial charge is 0.378 e. The molecule has 2 N–H and O–H groups in total. The van der Waals surface area contributed by atoms with Gasteiger partial charge in [-0.15, -0.1) is 0 Å². The number of morpholine rings is 1. The Morgan fingerprint density at radius 1 is 1.03 bits per heavy atom. The zero-order valence-electron chi connectivity index (χ0n) is 17.3. The second kappa shape index (κ2) is 9.53. The van der Waals surface area contributed by atoms with Gasteiger partial charge < -0.3 is 20.3 Å². The van der Waals surface area contributed by atoms with Gasteiger partial charge in [0.25, 0.3) is 0 Å². The number of aryl methyl sites for hydroxylation is 1. The Hall–Kier alpha value is -3.52. The highest BCUT2D eigenvalue weighted by molar-refractivity contribution is 5.92. The van der Waals surface area contributed by atoms with E-state index >= 15 is 0 Å². The van der Waals surface area contributed by atoms with Gasteiger partial charge in [-0.1, -0.05) is 12.1 Å². The zero-order valence-corrected chi connectivity index (χ0v) is 17.3. The molecule has 160 valence electrons. The number of benzene rings is 2. The summed E-state index contributed by atoms with van der Waals surface area (Å²) in [6.45, 7) is 4.84. The second-order valence-electron chi connectivity index (χ2n) is 7.35. The zero-order chi connectivity index (χ0) is 21.6. The summed E-state index contributed by atoms with van der Waals surface area (Å²) in [6.07, 6.45) is 0.185. The predicted molar refractivity (Wildman–Crippen MR) is 118 cm³/mol. The number of nitrogens with one attached hydrogen (secondary N) is 2. The molecule has 3 aromatic rings. The fraction of sp³-hybridized carbons (Fsp3) is 0.261. The summed E-state index contributed by atoms with van der Waals surface area (Å²) < 4.78 is 18.4. The van der Waals surface area contributed by atoms with E-state index in [1.165, 1.54) is 12.1 Å². The van der Waals surface area contributed by atoms with E-state index in [9.17, 15) is 9.18 Å².